The third kappa shape index (κ3) is 4.36. The molecule has 1 saturated carbocycles. The van der Waals surface area contributed by atoms with Crippen LogP contribution in [0.5, 0.6) is 0 Å². The monoisotopic (exact) mass is 376 g/mol. The molecule has 0 atom stereocenters. The summed E-state index contributed by atoms with van der Waals surface area (Å²) in [4.78, 5) is 22.8. The fraction of sp³-hybridized carbons (Fsp3) is 0.750. The lowest BCUT2D eigenvalue weighted by molar-refractivity contribution is -0.254. The van der Waals surface area contributed by atoms with E-state index in [9.17, 15) is 9.59 Å². The van der Waals surface area contributed by atoms with Crippen molar-refractivity contribution in [2.75, 3.05) is 0 Å². The Labute approximate surface area is 133 Å². The number of hydrogen-bond donors (Lipinski definition) is 0. The second-order valence-electron chi connectivity index (χ2n) is 3.54. The normalized spacial score (nSPS) is 18.8. The molecular formula is C8H6Cl6O4. The summed E-state index contributed by atoms with van der Waals surface area (Å²) in [6.07, 6.45) is 1.14. The maximum atomic E-state index is 11.4. The van der Waals surface area contributed by atoms with Crippen molar-refractivity contribution in [1.29, 1.82) is 0 Å². The molecule has 0 radical (unpaired) electrons. The van der Waals surface area contributed by atoms with Gasteiger partial charge in [0.05, 0.1) is 0 Å². The van der Waals surface area contributed by atoms with Gasteiger partial charge in [-0.2, -0.15) is 0 Å². The predicted molar refractivity (Wildman–Crippen MR) is 69.3 cm³/mol. The molecule has 0 aromatic heterocycles. The highest BCUT2D eigenvalue weighted by Gasteiger charge is 2.51. The Morgan fingerprint density at radius 3 is 1.33 bits per heavy atom. The van der Waals surface area contributed by atoms with Gasteiger partial charge in [0.2, 0.25) is 0 Å². The summed E-state index contributed by atoms with van der Waals surface area (Å²) < 4.78 is 5.16. The molecule has 104 valence electrons. The lowest BCUT2D eigenvalue weighted by atomic mass is 9.91. The van der Waals surface area contributed by atoms with Crippen LogP contribution in [-0.2, 0) is 19.1 Å². The summed E-state index contributed by atoms with van der Waals surface area (Å²) in [6.45, 7) is 0. The second-order valence-corrected chi connectivity index (χ2v) is 8.10. The quantitative estimate of drug-likeness (QED) is 0.417. The Hall–Kier alpha value is 0.680. The number of rotatable bonds is 2. The van der Waals surface area contributed by atoms with Crippen LogP contribution in [0.1, 0.15) is 19.3 Å². The number of hydrogen-bond acceptors (Lipinski definition) is 4. The fourth-order valence-corrected chi connectivity index (χ4v) is 1.38. The van der Waals surface area contributed by atoms with E-state index < -0.39 is 25.3 Å². The molecule has 10 heteroatoms. The number of carbonyl (C=O) groups is 2. The molecule has 0 unspecified atom stereocenters. The number of alkyl halides is 6. The summed E-state index contributed by atoms with van der Waals surface area (Å²) in [5.41, 5.74) is 0. The lowest BCUT2D eigenvalue weighted by Gasteiger charge is -2.40. The number of carbonyl (C=O) groups excluding carboxylic acids is 2. The second kappa shape index (κ2) is 5.58. The Kier molecular flexibility index (Phi) is 5.19. The van der Waals surface area contributed by atoms with Crippen molar-refractivity contribution in [3.63, 3.8) is 0 Å². The minimum Gasteiger partial charge on any atom is -0.419 e. The average Bonchev–Trinajstić information content (AvgIpc) is 2.10. The smallest absolute Gasteiger partial charge is 0.361 e. The molecule has 0 aliphatic heterocycles. The van der Waals surface area contributed by atoms with Crippen molar-refractivity contribution in [1.82, 2.24) is 0 Å². The van der Waals surface area contributed by atoms with Crippen molar-refractivity contribution in [3.05, 3.63) is 0 Å². The maximum absolute atomic E-state index is 11.4. The van der Waals surface area contributed by atoms with Crippen molar-refractivity contribution in [2.45, 2.75) is 32.6 Å². The van der Waals surface area contributed by atoms with E-state index in [1.807, 2.05) is 0 Å². The van der Waals surface area contributed by atoms with E-state index >= 15 is 0 Å². The van der Waals surface area contributed by atoms with Crippen LogP contribution in [0, 0.1) is 0 Å². The largest absolute Gasteiger partial charge is 0.419 e. The van der Waals surface area contributed by atoms with E-state index in [0.29, 0.717) is 6.42 Å². The average molecular weight is 379 g/mol. The first-order valence-corrected chi connectivity index (χ1v) is 6.83. The molecule has 0 amide bonds. The van der Waals surface area contributed by atoms with Crippen LogP contribution in [0.15, 0.2) is 0 Å². The molecule has 4 nitrogen and oxygen atoms in total. The highest BCUT2D eigenvalue weighted by atomic mass is 35.6. The van der Waals surface area contributed by atoms with Gasteiger partial charge in [-0.15, -0.1) is 0 Å². The van der Waals surface area contributed by atoms with Gasteiger partial charge < -0.3 is 9.47 Å². The summed E-state index contributed by atoms with van der Waals surface area (Å²) in [7, 11) is 0. The molecule has 1 rings (SSSR count). The van der Waals surface area contributed by atoms with Crippen LogP contribution in [0.4, 0.5) is 0 Å². The van der Waals surface area contributed by atoms with Crippen LogP contribution < -0.4 is 0 Å². The Morgan fingerprint density at radius 2 is 1.17 bits per heavy atom. The molecule has 0 aromatic rings. The third-order valence-corrected chi connectivity index (χ3v) is 3.06. The zero-order chi connectivity index (χ0) is 14.2. The molecule has 0 spiro atoms. The lowest BCUT2D eigenvalue weighted by Crippen LogP contribution is -2.49. The summed E-state index contributed by atoms with van der Waals surface area (Å²) in [5.74, 6) is -3.85. The summed E-state index contributed by atoms with van der Waals surface area (Å²) in [6, 6.07) is 0. The van der Waals surface area contributed by atoms with E-state index in [2.05, 4.69) is 0 Å². The SMILES string of the molecule is O=C(OC1(OC(=O)C(Cl)(Cl)Cl)CCC1)C(Cl)(Cl)Cl. The van der Waals surface area contributed by atoms with E-state index in [-0.39, 0.29) is 12.8 Å². The Morgan fingerprint density at radius 1 is 0.833 bits per heavy atom. The fourth-order valence-electron chi connectivity index (χ4n) is 1.14. The molecule has 1 aliphatic rings. The molecule has 0 N–H and O–H groups in total. The van der Waals surface area contributed by atoms with Crippen molar-refractivity contribution < 1.29 is 19.1 Å². The van der Waals surface area contributed by atoms with E-state index in [4.69, 9.17) is 79.1 Å². The van der Waals surface area contributed by atoms with Gasteiger partial charge in [-0.3, -0.25) is 0 Å². The van der Waals surface area contributed by atoms with Gasteiger partial charge in [0, 0.05) is 12.8 Å². The molecule has 0 saturated heterocycles. The van der Waals surface area contributed by atoms with Gasteiger partial charge in [0.25, 0.3) is 13.4 Å². The zero-order valence-corrected chi connectivity index (χ0v) is 13.1. The van der Waals surface area contributed by atoms with Crippen molar-refractivity contribution >= 4 is 81.5 Å². The first kappa shape index (κ1) is 16.7. The van der Waals surface area contributed by atoms with E-state index in [1.165, 1.54) is 0 Å². The van der Waals surface area contributed by atoms with Gasteiger partial charge in [-0.05, 0) is 6.42 Å². The minimum absolute atomic E-state index is 0.242. The minimum atomic E-state index is -2.27. The number of ether oxygens (including phenoxy) is 2. The molecule has 1 fully saturated rings. The topological polar surface area (TPSA) is 52.6 Å². The molecule has 0 heterocycles. The summed E-state index contributed by atoms with van der Waals surface area (Å²) in [5, 5.41) is 0. The molecule has 0 bridgehead atoms. The van der Waals surface area contributed by atoms with E-state index in [0.717, 1.165) is 0 Å². The van der Waals surface area contributed by atoms with Crippen LogP contribution in [-0.4, -0.2) is 25.3 Å². The van der Waals surface area contributed by atoms with Crippen LogP contribution in [0.2, 0.25) is 0 Å². The van der Waals surface area contributed by atoms with Gasteiger partial charge in [-0.1, -0.05) is 69.6 Å². The van der Waals surface area contributed by atoms with E-state index in [1.54, 1.807) is 0 Å². The van der Waals surface area contributed by atoms with Gasteiger partial charge in [0.15, 0.2) is 0 Å². The molecule has 18 heavy (non-hydrogen) atoms. The first-order valence-electron chi connectivity index (χ1n) is 4.57. The molecule has 1 aliphatic carbocycles. The number of halogens is 6. The van der Waals surface area contributed by atoms with Crippen LogP contribution in [0.25, 0.3) is 0 Å². The van der Waals surface area contributed by atoms with Crippen LogP contribution in [0.3, 0.4) is 0 Å². The van der Waals surface area contributed by atoms with Gasteiger partial charge in [0.1, 0.15) is 0 Å². The van der Waals surface area contributed by atoms with Crippen molar-refractivity contribution in [2.24, 2.45) is 0 Å². The van der Waals surface area contributed by atoms with Crippen molar-refractivity contribution in [3.8, 4) is 0 Å². The van der Waals surface area contributed by atoms with Crippen LogP contribution >= 0.6 is 69.6 Å². The molecular weight excluding hydrogens is 373 g/mol. The highest BCUT2D eigenvalue weighted by molar-refractivity contribution is 6.76. The highest BCUT2D eigenvalue weighted by Crippen LogP contribution is 2.42. The Balaban J connectivity index is 2.70. The van der Waals surface area contributed by atoms with Gasteiger partial charge in [-0.25, -0.2) is 9.59 Å². The maximum Gasteiger partial charge on any atom is 0.361 e. The summed E-state index contributed by atoms with van der Waals surface area (Å²) >= 11 is 32.0. The standard InChI is InChI=1S/C8H6Cl6O4/c9-7(10,11)4(15)17-6(2-1-3-6)18-5(16)8(12,13)14/h1-3H2. The first-order chi connectivity index (χ1) is 7.96. The molecule has 0 aromatic carbocycles. The zero-order valence-electron chi connectivity index (χ0n) is 8.52. The predicted octanol–water partition coefficient (Wildman–Crippen LogP) is 3.69. The third-order valence-electron chi connectivity index (χ3n) is 2.14. The Bertz CT molecular complexity index is 324. The number of esters is 2. The van der Waals surface area contributed by atoms with Gasteiger partial charge >= 0.3 is 11.9 Å².